The number of aromatic nitrogens is 3. The lowest BCUT2D eigenvalue weighted by Crippen LogP contribution is -2.05. The molecule has 0 aliphatic heterocycles. The Morgan fingerprint density at radius 3 is 3.06 bits per heavy atom. The lowest BCUT2D eigenvalue weighted by Gasteiger charge is -2.07. The first-order valence-corrected chi connectivity index (χ1v) is 5.43. The van der Waals surface area contributed by atoms with Crippen LogP contribution in [0.3, 0.4) is 0 Å². The van der Waals surface area contributed by atoms with Crippen LogP contribution in [-0.4, -0.2) is 20.4 Å². The fourth-order valence-electron chi connectivity index (χ4n) is 1.74. The Balaban J connectivity index is 2.13. The van der Waals surface area contributed by atoms with Crippen LogP contribution >= 0.6 is 0 Å². The minimum absolute atomic E-state index is 0.710. The van der Waals surface area contributed by atoms with E-state index in [9.17, 15) is 4.79 Å². The molecule has 0 spiro atoms. The number of hydrogen-bond acceptors (Lipinski definition) is 2. The molecule has 16 heavy (non-hydrogen) atoms. The first kappa shape index (κ1) is 10.7. The molecule has 0 atom stereocenters. The maximum absolute atomic E-state index is 10.6. The molecule has 0 bridgehead atoms. The number of rotatable bonds is 5. The summed E-state index contributed by atoms with van der Waals surface area (Å²) in [6.07, 6.45) is 9.43. The van der Waals surface area contributed by atoms with Crippen LogP contribution in [0.2, 0.25) is 0 Å². The number of imidazole rings is 1. The lowest BCUT2D eigenvalue weighted by atomic mass is 10.4. The van der Waals surface area contributed by atoms with E-state index in [2.05, 4.69) is 16.5 Å². The van der Waals surface area contributed by atoms with Crippen LogP contribution < -0.4 is 0 Å². The number of hydrogen-bond donors (Lipinski definition) is 0. The summed E-state index contributed by atoms with van der Waals surface area (Å²) in [4.78, 5) is 14.7. The molecule has 0 aliphatic rings. The highest BCUT2D eigenvalue weighted by Gasteiger charge is 2.02. The molecular weight excluding hydrogens is 202 g/mol. The van der Waals surface area contributed by atoms with E-state index in [1.165, 1.54) is 0 Å². The molecule has 2 heterocycles. The van der Waals surface area contributed by atoms with E-state index in [4.69, 9.17) is 0 Å². The number of nitrogens with zero attached hydrogens (tertiary/aromatic N) is 3. The van der Waals surface area contributed by atoms with Crippen molar-refractivity contribution in [3.8, 4) is 0 Å². The third-order valence-corrected chi connectivity index (χ3v) is 2.52. The predicted molar refractivity (Wildman–Crippen MR) is 61.4 cm³/mol. The second-order valence-electron chi connectivity index (χ2n) is 3.81. The van der Waals surface area contributed by atoms with Gasteiger partial charge in [0.2, 0.25) is 0 Å². The molecule has 0 saturated heterocycles. The first-order valence-electron chi connectivity index (χ1n) is 5.43. The van der Waals surface area contributed by atoms with Crippen LogP contribution in [0.4, 0.5) is 0 Å². The van der Waals surface area contributed by atoms with Gasteiger partial charge in [-0.25, -0.2) is 4.98 Å². The van der Waals surface area contributed by atoms with Crippen molar-refractivity contribution in [3.05, 3.63) is 42.2 Å². The lowest BCUT2D eigenvalue weighted by molar-refractivity contribution is 0.112. The summed E-state index contributed by atoms with van der Waals surface area (Å²) in [5.74, 6) is 0. The number of carbonyl (C=O) groups is 1. The van der Waals surface area contributed by atoms with Gasteiger partial charge in [-0.2, -0.15) is 0 Å². The van der Waals surface area contributed by atoms with Crippen LogP contribution in [0.5, 0.6) is 0 Å². The Kier molecular flexibility index (Phi) is 3.19. The van der Waals surface area contributed by atoms with Crippen LogP contribution in [-0.2, 0) is 13.1 Å². The summed E-state index contributed by atoms with van der Waals surface area (Å²) >= 11 is 0. The molecule has 0 amide bonds. The second-order valence-corrected chi connectivity index (χ2v) is 3.81. The van der Waals surface area contributed by atoms with Gasteiger partial charge in [-0.15, -0.1) is 0 Å². The van der Waals surface area contributed by atoms with Crippen LogP contribution in [0.1, 0.15) is 29.4 Å². The molecule has 0 radical (unpaired) electrons. The highest BCUT2D eigenvalue weighted by Crippen LogP contribution is 2.06. The summed E-state index contributed by atoms with van der Waals surface area (Å²) in [5.41, 5.74) is 1.87. The predicted octanol–water partition coefficient (Wildman–Crippen LogP) is 1.96. The Labute approximate surface area is 94.5 Å². The summed E-state index contributed by atoms with van der Waals surface area (Å²) < 4.78 is 4.13. The minimum atomic E-state index is 0.710. The average Bonchev–Trinajstić information content (AvgIpc) is 2.90. The standard InChI is InChI=1S/C12H15N3O/c1-2-4-15-10-13-6-12(15)8-14-5-3-11(7-14)9-16/h3,5-7,9-10H,2,4,8H2,1H3. The minimum Gasteiger partial charge on any atom is -0.348 e. The molecule has 4 nitrogen and oxygen atoms in total. The normalized spacial score (nSPS) is 10.6. The highest BCUT2D eigenvalue weighted by atomic mass is 16.1. The SMILES string of the molecule is CCCn1cncc1Cn1ccc(C=O)c1. The van der Waals surface area contributed by atoms with Crippen LogP contribution in [0.15, 0.2) is 31.0 Å². The van der Waals surface area contributed by atoms with Crippen molar-refractivity contribution in [3.63, 3.8) is 0 Å². The molecule has 0 unspecified atom stereocenters. The van der Waals surface area contributed by atoms with Gasteiger partial charge in [0, 0.05) is 30.7 Å². The molecule has 0 N–H and O–H groups in total. The fraction of sp³-hybridized carbons (Fsp3) is 0.333. The topological polar surface area (TPSA) is 39.8 Å². The molecule has 0 fully saturated rings. The maximum atomic E-state index is 10.6. The maximum Gasteiger partial charge on any atom is 0.151 e. The summed E-state index contributed by atoms with van der Waals surface area (Å²) in [7, 11) is 0. The van der Waals surface area contributed by atoms with Crippen molar-refractivity contribution < 1.29 is 4.79 Å². The third kappa shape index (κ3) is 2.21. The molecule has 0 aliphatic carbocycles. The fourth-order valence-corrected chi connectivity index (χ4v) is 1.74. The molecule has 2 aromatic rings. The first-order chi connectivity index (χ1) is 7.83. The van der Waals surface area contributed by atoms with E-state index < -0.39 is 0 Å². The van der Waals surface area contributed by atoms with Crippen LogP contribution in [0, 0.1) is 0 Å². The molecule has 0 saturated carbocycles. The van der Waals surface area contributed by atoms with Gasteiger partial charge < -0.3 is 9.13 Å². The highest BCUT2D eigenvalue weighted by molar-refractivity contribution is 5.74. The van der Waals surface area contributed by atoms with Crippen molar-refractivity contribution in [2.45, 2.75) is 26.4 Å². The van der Waals surface area contributed by atoms with Crippen molar-refractivity contribution in [2.24, 2.45) is 0 Å². The van der Waals surface area contributed by atoms with Gasteiger partial charge in [0.1, 0.15) is 0 Å². The van der Waals surface area contributed by atoms with Gasteiger partial charge in [-0.05, 0) is 12.5 Å². The summed E-state index contributed by atoms with van der Waals surface area (Å²) in [6.45, 7) is 3.88. The van der Waals surface area contributed by atoms with E-state index in [0.717, 1.165) is 31.5 Å². The van der Waals surface area contributed by atoms with Crippen molar-refractivity contribution >= 4 is 6.29 Å². The molecular formula is C12H15N3O. The van der Waals surface area contributed by atoms with E-state index in [1.807, 2.05) is 35.6 Å². The quantitative estimate of drug-likeness (QED) is 0.718. The summed E-state index contributed by atoms with van der Waals surface area (Å²) in [5, 5.41) is 0. The number of carbonyl (C=O) groups excluding carboxylic acids is 1. The second kappa shape index (κ2) is 4.79. The van der Waals surface area contributed by atoms with E-state index in [-0.39, 0.29) is 0 Å². The zero-order chi connectivity index (χ0) is 11.4. The molecule has 84 valence electrons. The Bertz CT molecular complexity index is 470. The Morgan fingerprint density at radius 1 is 1.50 bits per heavy atom. The molecule has 2 rings (SSSR count). The summed E-state index contributed by atoms with van der Waals surface area (Å²) in [6, 6.07) is 1.81. The van der Waals surface area contributed by atoms with E-state index in [1.54, 1.807) is 0 Å². The average molecular weight is 217 g/mol. The Hall–Kier alpha value is -1.84. The van der Waals surface area contributed by atoms with Gasteiger partial charge in [-0.1, -0.05) is 6.92 Å². The van der Waals surface area contributed by atoms with E-state index >= 15 is 0 Å². The molecule has 2 aromatic heterocycles. The number of aldehydes is 1. The molecule has 4 heteroatoms. The van der Waals surface area contributed by atoms with Gasteiger partial charge in [0.25, 0.3) is 0 Å². The molecule has 0 aromatic carbocycles. The number of aryl methyl sites for hydroxylation is 1. The van der Waals surface area contributed by atoms with Gasteiger partial charge in [0.15, 0.2) is 6.29 Å². The smallest absolute Gasteiger partial charge is 0.151 e. The van der Waals surface area contributed by atoms with Crippen molar-refractivity contribution in [2.75, 3.05) is 0 Å². The van der Waals surface area contributed by atoms with Gasteiger partial charge in [0.05, 0.1) is 18.6 Å². The zero-order valence-electron chi connectivity index (χ0n) is 9.34. The zero-order valence-corrected chi connectivity index (χ0v) is 9.34. The monoisotopic (exact) mass is 217 g/mol. The van der Waals surface area contributed by atoms with Gasteiger partial charge >= 0.3 is 0 Å². The van der Waals surface area contributed by atoms with Gasteiger partial charge in [-0.3, -0.25) is 4.79 Å². The van der Waals surface area contributed by atoms with E-state index in [0.29, 0.717) is 5.56 Å². The van der Waals surface area contributed by atoms with Crippen molar-refractivity contribution in [1.82, 2.24) is 14.1 Å². The third-order valence-electron chi connectivity index (χ3n) is 2.52. The van der Waals surface area contributed by atoms with Crippen LogP contribution in [0.25, 0.3) is 0 Å². The largest absolute Gasteiger partial charge is 0.348 e. The van der Waals surface area contributed by atoms with Crippen molar-refractivity contribution in [1.29, 1.82) is 0 Å². The Morgan fingerprint density at radius 2 is 2.38 bits per heavy atom.